The van der Waals surface area contributed by atoms with Crippen LogP contribution in [0.2, 0.25) is 0 Å². The van der Waals surface area contributed by atoms with E-state index in [4.69, 9.17) is 0 Å². The fourth-order valence-corrected chi connectivity index (χ4v) is 2.11. The molecule has 1 aromatic carbocycles. The molecule has 2 heterocycles. The third kappa shape index (κ3) is 1.18. The molecule has 3 rings (SSSR count). The van der Waals surface area contributed by atoms with Gasteiger partial charge in [-0.05, 0) is 31.2 Å². The summed E-state index contributed by atoms with van der Waals surface area (Å²) in [5, 5.41) is 2.12. The molecule has 0 aliphatic carbocycles. The van der Waals surface area contributed by atoms with E-state index in [1.54, 1.807) is 0 Å². The lowest BCUT2D eigenvalue weighted by atomic mass is 10.2. The number of nitrogens with zero attached hydrogens (tertiary/aromatic N) is 3. The Labute approximate surface area is 94.6 Å². The van der Waals surface area contributed by atoms with Crippen LogP contribution in [0.1, 0.15) is 12.6 Å². The highest BCUT2D eigenvalue weighted by Gasteiger charge is 2.16. The summed E-state index contributed by atoms with van der Waals surface area (Å²) in [5.41, 5.74) is 4.32. The van der Waals surface area contributed by atoms with E-state index in [1.807, 2.05) is 31.2 Å². The summed E-state index contributed by atoms with van der Waals surface area (Å²) < 4.78 is 2.12. The lowest BCUT2D eigenvalue weighted by molar-refractivity contribution is 0.777. The van der Waals surface area contributed by atoms with Crippen LogP contribution < -0.4 is 5.01 Å². The van der Waals surface area contributed by atoms with Gasteiger partial charge in [-0.3, -0.25) is 9.69 Å². The summed E-state index contributed by atoms with van der Waals surface area (Å²) in [4.78, 5) is 4.66. The van der Waals surface area contributed by atoms with Crippen LogP contribution in [0.4, 0.5) is 11.4 Å². The van der Waals surface area contributed by atoms with E-state index in [0.717, 1.165) is 22.8 Å². The maximum absolute atomic E-state index is 4.66. The number of fused-ring (bicyclic) bond motifs is 2. The Hall–Kier alpha value is -2.03. The fraction of sp³-hybridized carbons (Fsp3) is 0.154. The molecule has 0 saturated carbocycles. The SMILES string of the molecule is CC1=Nc2ccccc2N(C)n2cccc21. The van der Waals surface area contributed by atoms with Gasteiger partial charge in [0.15, 0.2) is 0 Å². The first kappa shape index (κ1) is 9.21. The Kier molecular flexibility index (Phi) is 1.86. The normalized spacial score (nSPS) is 13.9. The van der Waals surface area contributed by atoms with Crippen molar-refractivity contribution in [2.75, 3.05) is 12.1 Å². The van der Waals surface area contributed by atoms with Crippen molar-refractivity contribution in [1.82, 2.24) is 4.68 Å². The summed E-state index contributed by atoms with van der Waals surface area (Å²) in [6.45, 7) is 2.04. The molecule has 0 saturated heterocycles. The van der Waals surface area contributed by atoms with E-state index in [9.17, 15) is 0 Å². The standard InChI is InChI=1S/C13H13N3/c1-10-12-8-5-9-16(12)15(2)13-7-4-3-6-11(13)14-10/h3-9H,1-2H3. The zero-order valence-corrected chi connectivity index (χ0v) is 9.38. The second kappa shape index (κ2) is 3.23. The first-order valence-corrected chi connectivity index (χ1v) is 5.33. The average molecular weight is 211 g/mol. The van der Waals surface area contributed by atoms with Crippen LogP contribution in [0.5, 0.6) is 0 Å². The van der Waals surface area contributed by atoms with E-state index in [0.29, 0.717) is 0 Å². The van der Waals surface area contributed by atoms with E-state index in [1.165, 1.54) is 0 Å². The Morgan fingerprint density at radius 2 is 1.88 bits per heavy atom. The second-order valence-electron chi connectivity index (χ2n) is 3.95. The van der Waals surface area contributed by atoms with Gasteiger partial charge in [0.25, 0.3) is 0 Å². The molecule has 2 aromatic rings. The minimum Gasteiger partial charge on any atom is -0.282 e. The van der Waals surface area contributed by atoms with Crippen LogP contribution in [-0.2, 0) is 0 Å². The van der Waals surface area contributed by atoms with E-state index < -0.39 is 0 Å². The minimum absolute atomic E-state index is 1.02. The zero-order valence-electron chi connectivity index (χ0n) is 9.38. The summed E-state index contributed by atoms with van der Waals surface area (Å²) in [5.74, 6) is 0. The van der Waals surface area contributed by atoms with Crippen LogP contribution in [0.3, 0.4) is 0 Å². The Morgan fingerprint density at radius 3 is 2.75 bits per heavy atom. The van der Waals surface area contributed by atoms with Gasteiger partial charge in [0.05, 0.1) is 22.8 Å². The summed E-state index contributed by atoms with van der Waals surface area (Å²) in [6.07, 6.45) is 2.05. The van der Waals surface area contributed by atoms with Gasteiger partial charge in [0.1, 0.15) is 0 Å². The molecule has 0 bridgehead atoms. The van der Waals surface area contributed by atoms with E-state index in [-0.39, 0.29) is 0 Å². The molecule has 0 N–H and O–H groups in total. The van der Waals surface area contributed by atoms with Gasteiger partial charge in [-0.1, -0.05) is 12.1 Å². The van der Waals surface area contributed by atoms with Gasteiger partial charge in [0, 0.05) is 13.2 Å². The molecule has 0 atom stereocenters. The van der Waals surface area contributed by atoms with Gasteiger partial charge in [0.2, 0.25) is 0 Å². The minimum atomic E-state index is 1.02. The van der Waals surface area contributed by atoms with Crippen molar-refractivity contribution in [2.24, 2.45) is 4.99 Å². The monoisotopic (exact) mass is 211 g/mol. The van der Waals surface area contributed by atoms with Crippen LogP contribution in [0.15, 0.2) is 47.6 Å². The number of hydrogen-bond donors (Lipinski definition) is 0. The number of benzene rings is 1. The number of aromatic nitrogens is 1. The lowest BCUT2D eigenvalue weighted by Gasteiger charge is -2.22. The third-order valence-corrected chi connectivity index (χ3v) is 2.94. The molecule has 3 heteroatoms. The topological polar surface area (TPSA) is 20.5 Å². The molecule has 0 fully saturated rings. The van der Waals surface area contributed by atoms with Crippen molar-refractivity contribution in [1.29, 1.82) is 0 Å². The summed E-state index contributed by atoms with van der Waals surface area (Å²) >= 11 is 0. The Bertz CT molecular complexity index is 566. The van der Waals surface area contributed by atoms with Crippen molar-refractivity contribution >= 4 is 17.1 Å². The molecule has 1 aliphatic heterocycles. The third-order valence-electron chi connectivity index (χ3n) is 2.94. The number of aliphatic imine (C=N–C) groups is 1. The van der Waals surface area contributed by atoms with Gasteiger partial charge in [-0.15, -0.1) is 0 Å². The van der Waals surface area contributed by atoms with Gasteiger partial charge in [-0.2, -0.15) is 0 Å². The molecule has 1 aromatic heterocycles. The van der Waals surface area contributed by atoms with Gasteiger partial charge >= 0.3 is 0 Å². The number of rotatable bonds is 0. The van der Waals surface area contributed by atoms with Crippen molar-refractivity contribution in [3.63, 3.8) is 0 Å². The van der Waals surface area contributed by atoms with E-state index in [2.05, 4.69) is 40.1 Å². The quantitative estimate of drug-likeness (QED) is 0.656. The summed E-state index contributed by atoms with van der Waals surface area (Å²) in [7, 11) is 2.05. The Morgan fingerprint density at radius 1 is 1.06 bits per heavy atom. The highest BCUT2D eigenvalue weighted by atomic mass is 15.5. The molecule has 0 amide bonds. The predicted molar refractivity (Wildman–Crippen MR) is 66.5 cm³/mol. The van der Waals surface area contributed by atoms with E-state index >= 15 is 0 Å². The highest BCUT2D eigenvalue weighted by molar-refractivity contribution is 6.01. The van der Waals surface area contributed by atoms with Crippen LogP contribution in [0, 0.1) is 0 Å². The van der Waals surface area contributed by atoms with Crippen LogP contribution >= 0.6 is 0 Å². The number of hydrogen-bond acceptors (Lipinski definition) is 2. The van der Waals surface area contributed by atoms with Crippen molar-refractivity contribution < 1.29 is 0 Å². The predicted octanol–water partition coefficient (Wildman–Crippen LogP) is 2.84. The maximum Gasteiger partial charge on any atom is 0.0885 e. The second-order valence-corrected chi connectivity index (χ2v) is 3.95. The van der Waals surface area contributed by atoms with Gasteiger partial charge in [-0.25, -0.2) is 4.99 Å². The maximum atomic E-state index is 4.66. The number of anilines is 1. The van der Waals surface area contributed by atoms with Crippen molar-refractivity contribution in [3.05, 3.63) is 48.3 Å². The molecule has 3 nitrogen and oxygen atoms in total. The first-order valence-electron chi connectivity index (χ1n) is 5.33. The lowest BCUT2D eigenvalue weighted by Crippen LogP contribution is -2.25. The van der Waals surface area contributed by atoms with Crippen molar-refractivity contribution in [3.8, 4) is 0 Å². The zero-order chi connectivity index (χ0) is 11.1. The molecule has 16 heavy (non-hydrogen) atoms. The smallest absolute Gasteiger partial charge is 0.0885 e. The summed E-state index contributed by atoms with van der Waals surface area (Å²) in [6, 6.07) is 12.3. The fourth-order valence-electron chi connectivity index (χ4n) is 2.11. The van der Waals surface area contributed by atoms with Crippen LogP contribution in [0.25, 0.3) is 0 Å². The molecular weight excluding hydrogens is 198 g/mol. The average Bonchev–Trinajstić information content (AvgIpc) is 2.74. The first-order chi connectivity index (χ1) is 7.77. The van der Waals surface area contributed by atoms with Crippen molar-refractivity contribution in [2.45, 2.75) is 6.92 Å². The highest BCUT2D eigenvalue weighted by Crippen LogP contribution is 2.31. The molecule has 80 valence electrons. The Balaban J connectivity index is 2.31. The number of para-hydroxylation sites is 2. The van der Waals surface area contributed by atoms with Crippen LogP contribution in [-0.4, -0.2) is 17.4 Å². The molecule has 0 spiro atoms. The molecule has 1 aliphatic rings. The molecule has 0 radical (unpaired) electrons. The van der Waals surface area contributed by atoms with Gasteiger partial charge < -0.3 is 0 Å². The molecule has 0 unspecified atom stereocenters. The molecular formula is C13H13N3. The largest absolute Gasteiger partial charge is 0.282 e.